The Morgan fingerprint density at radius 1 is 1.23 bits per heavy atom. The van der Waals surface area contributed by atoms with Gasteiger partial charge in [-0.2, -0.15) is 0 Å². The first-order chi connectivity index (χ1) is 6.29. The Balaban J connectivity index is 2.60. The maximum Gasteiger partial charge on any atom is 0.0615 e. The molecular weight excluding hydrogens is 164 g/mol. The van der Waals surface area contributed by atoms with Crippen LogP contribution in [0, 0.1) is 0 Å². The highest BCUT2D eigenvalue weighted by atomic mass is 16.3. The molecule has 0 amide bonds. The van der Waals surface area contributed by atoms with E-state index in [9.17, 15) is 5.11 Å². The lowest BCUT2D eigenvalue weighted by Gasteiger charge is -2.44. The molecule has 0 saturated carbocycles. The molecule has 0 aromatic rings. The van der Waals surface area contributed by atoms with Crippen LogP contribution in [0.15, 0.2) is 0 Å². The van der Waals surface area contributed by atoms with Crippen LogP contribution >= 0.6 is 0 Å². The third-order valence-corrected chi connectivity index (χ3v) is 3.40. The fourth-order valence-electron chi connectivity index (χ4n) is 2.16. The van der Waals surface area contributed by atoms with Gasteiger partial charge in [0.1, 0.15) is 0 Å². The zero-order chi connectivity index (χ0) is 9.73. The van der Waals surface area contributed by atoms with Crippen molar-refractivity contribution in [3.63, 3.8) is 0 Å². The lowest BCUT2D eigenvalue weighted by molar-refractivity contribution is 0.0143. The molecule has 1 rings (SSSR count). The van der Waals surface area contributed by atoms with E-state index in [2.05, 4.69) is 24.1 Å². The van der Waals surface area contributed by atoms with E-state index in [1.165, 1.54) is 0 Å². The molecule has 1 saturated heterocycles. The fourth-order valence-corrected chi connectivity index (χ4v) is 2.16. The van der Waals surface area contributed by atoms with Gasteiger partial charge >= 0.3 is 0 Å². The van der Waals surface area contributed by atoms with Gasteiger partial charge in [0.25, 0.3) is 0 Å². The van der Waals surface area contributed by atoms with E-state index in [-0.39, 0.29) is 5.54 Å². The molecule has 0 aromatic heterocycles. The van der Waals surface area contributed by atoms with Crippen LogP contribution in [0.3, 0.4) is 0 Å². The molecule has 1 aliphatic heterocycles. The minimum atomic E-state index is 0.0438. The van der Waals surface area contributed by atoms with E-state index < -0.39 is 0 Å². The number of rotatable bonds is 4. The van der Waals surface area contributed by atoms with Crippen molar-refractivity contribution in [2.24, 2.45) is 0 Å². The number of hydrogen-bond acceptors (Lipinski definition) is 3. The van der Waals surface area contributed by atoms with Crippen molar-refractivity contribution in [1.29, 1.82) is 0 Å². The monoisotopic (exact) mass is 186 g/mol. The number of nitrogens with zero attached hydrogens (tertiary/aromatic N) is 1. The van der Waals surface area contributed by atoms with Crippen LogP contribution < -0.4 is 5.32 Å². The average Bonchev–Trinajstić information content (AvgIpc) is 2.23. The summed E-state index contributed by atoms with van der Waals surface area (Å²) in [6.07, 6.45) is 2.08. The zero-order valence-corrected chi connectivity index (χ0v) is 8.84. The maximum atomic E-state index is 9.47. The molecule has 0 spiro atoms. The van der Waals surface area contributed by atoms with E-state index in [1.807, 2.05) is 0 Å². The van der Waals surface area contributed by atoms with Crippen LogP contribution in [0.25, 0.3) is 0 Å². The second-order valence-corrected chi connectivity index (χ2v) is 3.83. The van der Waals surface area contributed by atoms with Crippen LogP contribution in [0.2, 0.25) is 0 Å². The van der Waals surface area contributed by atoms with Crippen molar-refractivity contribution in [2.45, 2.75) is 32.2 Å². The first-order valence-corrected chi connectivity index (χ1v) is 5.35. The van der Waals surface area contributed by atoms with Crippen LogP contribution in [0.1, 0.15) is 26.7 Å². The largest absolute Gasteiger partial charge is 0.394 e. The molecular formula is C10H22N2O. The quantitative estimate of drug-likeness (QED) is 0.669. The number of hydrogen-bond donors (Lipinski definition) is 2. The summed E-state index contributed by atoms with van der Waals surface area (Å²) in [5.74, 6) is 0. The van der Waals surface area contributed by atoms with Gasteiger partial charge in [0, 0.05) is 31.7 Å². The molecule has 13 heavy (non-hydrogen) atoms. The summed E-state index contributed by atoms with van der Waals surface area (Å²) in [5, 5.41) is 12.8. The van der Waals surface area contributed by atoms with Gasteiger partial charge in [-0.25, -0.2) is 0 Å². The van der Waals surface area contributed by atoms with Crippen molar-refractivity contribution in [1.82, 2.24) is 10.2 Å². The highest BCUT2D eigenvalue weighted by molar-refractivity contribution is 4.89. The third kappa shape index (κ3) is 2.22. The summed E-state index contributed by atoms with van der Waals surface area (Å²) >= 11 is 0. The summed E-state index contributed by atoms with van der Waals surface area (Å²) in [5.41, 5.74) is 0.0438. The molecule has 0 radical (unpaired) electrons. The van der Waals surface area contributed by atoms with Crippen LogP contribution in [0.5, 0.6) is 0 Å². The SMILES string of the molecule is CCC(CC)(CO)N1CCNCC1. The summed E-state index contributed by atoms with van der Waals surface area (Å²) in [6.45, 7) is 8.89. The van der Waals surface area contributed by atoms with Crippen molar-refractivity contribution in [3.05, 3.63) is 0 Å². The van der Waals surface area contributed by atoms with Crippen LogP contribution in [0.4, 0.5) is 0 Å². The molecule has 1 aliphatic rings. The standard InChI is InChI=1S/C10H22N2O/c1-3-10(4-2,9-13)12-7-5-11-6-8-12/h11,13H,3-9H2,1-2H3. The first-order valence-electron chi connectivity index (χ1n) is 5.35. The second kappa shape index (κ2) is 4.94. The lowest BCUT2D eigenvalue weighted by atomic mass is 9.91. The zero-order valence-electron chi connectivity index (χ0n) is 8.84. The highest BCUT2D eigenvalue weighted by Crippen LogP contribution is 2.23. The maximum absolute atomic E-state index is 9.47. The van der Waals surface area contributed by atoms with Gasteiger partial charge in [0.05, 0.1) is 6.61 Å². The van der Waals surface area contributed by atoms with Gasteiger partial charge in [0.2, 0.25) is 0 Å². The van der Waals surface area contributed by atoms with Crippen LogP contribution in [-0.4, -0.2) is 48.3 Å². The third-order valence-electron chi connectivity index (χ3n) is 3.40. The molecule has 1 fully saturated rings. The predicted octanol–water partition coefficient (Wildman–Crippen LogP) is 0.443. The van der Waals surface area contributed by atoms with E-state index >= 15 is 0 Å². The molecule has 0 bridgehead atoms. The van der Waals surface area contributed by atoms with E-state index in [0.29, 0.717) is 6.61 Å². The van der Waals surface area contributed by atoms with Crippen molar-refractivity contribution >= 4 is 0 Å². The number of aliphatic hydroxyl groups is 1. The Kier molecular flexibility index (Phi) is 4.16. The van der Waals surface area contributed by atoms with E-state index in [1.54, 1.807) is 0 Å². The van der Waals surface area contributed by atoms with E-state index in [4.69, 9.17) is 0 Å². The second-order valence-electron chi connectivity index (χ2n) is 3.83. The molecule has 78 valence electrons. The number of aliphatic hydroxyl groups excluding tert-OH is 1. The van der Waals surface area contributed by atoms with Gasteiger partial charge in [0.15, 0.2) is 0 Å². The minimum Gasteiger partial charge on any atom is -0.394 e. The minimum absolute atomic E-state index is 0.0438. The molecule has 0 unspecified atom stereocenters. The van der Waals surface area contributed by atoms with Crippen molar-refractivity contribution in [3.8, 4) is 0 Å². The number of piperazine rings is 1. The fraction of sp³-hybridized carbons (Fsp3) is 1.00. The molecule has 3 nitrogen and oxygen atoms in total. The molecule has 0 aliphatic carbocycles. The molecule has 3 heteroatoms. The van der Waals surface area contributed by atoms with Crippen LogP contribution in [-0.2, 0) is 0 Å². The Morgan fingerprint density at radius 2 is 1.77 bits per heavy atom. The topological polar surface area (TPSA) is 35.5 Å². The Hall–Kier alpha value is -0.120. The average molecular weight is 186 g/mol. The van der Waals surface area contributed by atoms with Gasteiger partial charge in [-0.05, 0) is 12.8 Å². The van der Waals surface area contributed by atoms with Gasteiger partial charge in [-0.15, -0.1) is 0 Å². The first kappa shape index (κ1) is 11.0. The normalized spacial score (nSPS) is 20.5. The number of nitrogens with one attached hydrogen (secondary N) is 1. The van der Waals surface area contributed by atoms with Crippen molar-refractivity contribution in [2.75, 3.05) is 32.8 Å². The Labute approximate surface area is 81.1 Å². The predicted molar refractivity (Wildman–Crippen MR) is 54.8 cm³/mol. The van der Waals surface area contributed by atoms with Gasteiger partial charge in [-0.1, -0.05) is 13.8 Å². The summed E-state index contributed by atoms with van der Waals surface area (Å²) < 4.78 is 0. The molecule has 2 N–H and O–H groups in total. The van der Waals surface area contributed by atoms with E-state index in [0.717, 1.165) is 39.0 Å². The summed E-state index contributed by atoms with van der Waals surface area (Å²) in [4.78, 5) is 2.43. The molecule has 0 atom stereocenters. The van der Waals surface area contributed by atoms with Gasteiger partial charge < -0.3 is 10.4 Å². The highest BCUT2D eigenvalue weighted by Gasteiger charge is 2.32. The summed E-state index contributed by atoms with van der Waals surface area (Å²) in [6, 6.07) is 0. The summed E-state index contributed by atoms with van der Waals surface area (Å²) in [7, 11) is 0. The Bertz CT molecular complexity index is 132. The van der Waals surface area contributed by atoms with Crippen molar-refractivity contribution < 1.29 is 5.11 Å². The lowest BCUT2D eigenvalue weighted by Crippen LogP contribution is -2.57. The molecule has 1 heterocycles. The smallest absolute Gasteiger partial charge is 0.0615 e. The van der Waals surface area contributed by atoms with Gasteiger partial charge in [-0.3, -0.25) is 4.90 Å². The molecule has 0 aromatic carbocycles. The Morgan fingerprint density at radius 3 is 2.15 bits per heavy atom.